The van der Waals surface area contributed by atoms with Gasteiger partial charge in [-0.2, -0.15) is 0 Å². The summed E-state index contributed by atoms with van der Waals surface area (Å²) < 4.78 is 0. The maximum atomic E-state index is 2.30. The number of hydrogen-bond acceptors (Lipinski definition) is 0. The minimum atomic E-state index is 0.722. The first-order valence-electron chi connectivity index (χ1n) is 7.27. The molecule has 2 rings (SSSR count). The van der Waals surface area contributed by atoms with Crippen molar-refractivity contribution in [1.82, 2.24) is 0 Å². The Morgan fingerprint density at radius 1 is 0.842 bits per heavy atom. The zero-order valence-electron chi connectivity index (χ0n) is 12.3. The van der Waals surface area contributed by atoms with Gasteiger partial charge in [-0.05, 0) is 48.8 Å². The van der Waals surface area contributed by atoms with Gasteiger partial charge in [0, 0.05) is 0 Å². The third-order valence-electron chi connectivity index (χ3n) is 3.51. The predicted octanol–water partition coefficient (Wildman–Crippen LogP) is 4.98. The molecule has 0 saturated carbocycles. The summed E-state index contributed by atoms with van der Waals surface area (Å²) in [6.45, 7) is 6.74. The van der Waals surface area contributed by atoms with Gasteiger partial charge in [0.2, 0.25) is 0 Å². The third kappa shape index (κ3) is 4.24. The van der Waals surface area contributed by atoms with Crippen LogP contribution in [0, 0.1) is 12.8 Å². The highest BCUT2D eigenvalue weighted by atomic mass is 14.1. The van der Waals surface area contributed by atoms with Gasteiger partial charge in [-0.3, -0.25) is 0 Å². The molecule has 0 heterocycles. The quantitative estimate of drug-likeness (QED) is 0.704. The highest BCUT2D eigenvalue weighted by Gasteiger charge is 2.04. The summed E-state index contributed by atoms with van der Waals surface area (Å²) in [6.07, 6.45) is 3.47. The molecule has 19 heavy (non-hydrogen) atoms. The average molecular weight is 252 g/mol. The Morgan fingerprint density at radius 2 is 1.58 bits per heavy atom. The molecule has 2 aromatic rings. The second-order valence-corrected chi connectivity index (χ2v) is 5.86. The van der Waals surface area contributed by atoms with Gasteiger partial charge in [0.15, 0.2) is 0 Å². The molecule has 0 heteroatoms. The molecule has 0 radical (unpaired) electrons. The van der Waals surface area contributed by atoms with Crippen LogP contribution >= 0.6 is 0 Å². The molecule has 2 aromatic carbocycles. The van der Waals surface area contributed by atoms with Gasteiger partial charge < -0.3 is 0 Å². The van der Waals surface area contributed by atoms with Crippen molar-refractivity contribution < 1.29 is 0 Å². The van der Waals surface area contributed by atoms with Gasteiger partial charge in [-0.1, -0.05) is 67.9 Å². The first kappa shape index (κ1) is 13.9. The zero-order valence-corrected chi connectivity index (χ0v) is 12.3. The summed E-state index contributed by atoms with van der Waals surface area (Å²) in [4.78, 5) is 0. The van der Waals surface area contributed by atoms with Crippen molar-refractivity contribution >= 4 is 0 Å². The van der Waals surface area contributed by atoms with E-state index < -0.39 is 0 Å². The minimum Gasteiger partial charge on any atom is -0.0625 e. The maximum absolute atomic E-state index is 2.30. The molecule has 0 unspecified atom stereocenters. The monoisotopic (exact) mass is 252 g/mol. The van der Waals surface area contributed by atoms with Crippen molar-refractivity contribution in [1.29, 1.82) is 0 Å². The van der Waals surface area contributed by atoms with Crippen LogP contribution in [0.1, 0.15) is 36.1 Å². The summed E-state index contributed by atoms with van der Waals surface area (Å²) >= 11 is 0. The van der Waals surface area contributed by atoms with Crippen LogP contribution in [-0.4, -0.2) is 0 Å². The van der Waals surface area contributed by atoms with Crippen LogP contribution in [0.25, 0.3) is 0 Å². The van der Waals surface area contributed by atoms with Crippen LogP contribution in [0.15, 0.2) is 48.5 Å². The maximum Gasteiger partial charge on any atom is -0.0236 e. The lowest BCUT2D eigenvalue weighted by Gasteiger charge is -2.11. The van der Waals surface area contributed by atoms with E-state index in [1.807, 2.05) is 0 Å². The standard InChI is InChI=1S/C19H24/c1-15(2)13-19-10-5-4-9-18(19)12-11-17-8-6-7-16(3)14-17/h4-10,14-15H,11-13H2,1-3H3. The Labute approximate surface area is 117 Å². The fourth-order valence-corrected chi connectivity index (χ4v) is 2.59. The number of benzene rings is 2. The van der Waals surface area contributed by atoms with Crippen LogP contribution in [0.2, 0.25) is 0 Å². The van der Waals surface area contributed by atoms with Crippen LogP contribution < -0.4 is 0 Å². The van der Waals surface area contributed by atoms with E-state index >= 15 is 0 Å². The molecule has 0 fully saturated rings. The van der Waals surface area contributed by atoms with Crippen molar-refractivity contribution in [3.8, 4) is 0 Å². The average Bonchev–Trinajstić information content (AvgIpc) is 2.37. The lowest BCUT2D eigenvalue weighted by molar-refractivity contribution is 0.642. The van der Waals surface area contributed by atoms with Crippen molar-refractivity contribution in [3.05, 3.63) is 70.8 Å². The number of hydrogen-bond donors (Lipinski definition) is 0. The fourth-order valence-electron chi connectivity index (χ4n) is 2.59. The highest BCUT2D eigenvalue weighted by Crippen LogP contribution is 2.16. The second kappa shape index (κ2) is 6.56. The van der Waals surface area contributed by atoms with Gasteiger partial charge in [-0.25, -0.2) is 0 Å². The highest BCUT2D eigenvalue weighted by molar-refractivity contribution is 5.29. The molecule has 0 bridgehead atoms. The Hall–Kier alpha value is -1.56. The molecule has 0 aliphatic rings. The van der Waals surface area contributed by atoms with Gasteiger partial charge in [0.05, 0.1) is 0 Å². The van der Waals surface area contributed by atoms with Crippen molar-refractivity contribution in [2.75, 3.05) is 0 Å². The lowest BCUT2D eigenvalue weighted by Crippen LogP contribution is -2.01. The molecule has 0 nitrogen and oxygen atoms in total. The Balaban J connectivity index is 2.07. The smallest absolute Gasteiger partial charge is 0.0236 e. The van der Waals surface area contributed by atoms with Crippen molar-refractivity contribution in [2.24, 2.45) is 5.92 Å². The summed E-state index contributed by atoms with van der Waals surface area (Å²) in [5.74, 6) is 0.722. The van der Waals surface area contributed by atoms with Crippen LogP contribution in [0.5, 0.6) is 0 Å². The van der Waals surface area contributed by atoms with E-state index in [9.17, 15) is 0 Å². The van der Waals surface area contributed by atoms with Gasteiger partial charge in [-0.15, -0.1) is 0 Å². The molecule has 100 valence electrons. The Morgan fingerprint density at radius 3 is 2.26 bits per heavy atom. The topological polar surface area (TPSA) is 0 Å². The van der Waals surface area contributed by atoms with Crippen molar-refractivity contribution in [3.63, 3.8) is 0 Å². The fraction of sp³-hybridized carbons (Fsp3) is 0.368. The number of aryl methyl sites for hydroxylation is 3. The van der Waals surface area contributed by atoms with E-state index in [2.05, 4.69) is 69.3 Å². The van der Waals surface area contributed by atoms with Crippen LogP contribution in [0.3, 0.4) is 0 Å². The minimum absolute atomic E-state index is 0.722. The SMILES string of the molecule is Cc1cccc(CCc2ccccc2CC(C)C)c1. The number of rotatable bonds is 5. The van der Waals surface area contributed by atoms with E-state index in [1.165, 1.54) is 28.7 Å². The molecule has 0 spiro atoms. The molecule has 0 aromatic heterocycles. The van der Waals surface area contributed by atoms with E-state index in [1.54, 1.807) is 0 Å². The molecule has 0 N–H and O–H groups in total. The van der Waals surface area contributed by atoms with E-state index in [0.29, 0.717) is 0 Å². The molecule has 0 aliphatic heterocycles. The van der Waals surface area contributed by atoms with Crippen LogP contribution in [0.4, 0.5) is 0 Å². The van der Waals surface area contributed by atoms with Crippen molar-refractivity contribution in [2.45, 2.75) is 40.0 Å². The molecule has 0 saturated heterocycles. The molecule has 0 atom stereocenters. The van der Waals surface area contributed by atoms with Gasteiger partial charge in [0.25, 0.3) is 0 Å². The second-order valence-electron chi connectivity index (χ2n) is 5.86. The molecular weight excluding hydrogens is 228 g/mol. The largest absolute Gasteiger partial charge is 0.0625 e. The predicted molar refractivity (Wildman–Crippen MR) is 83.6 cm³/mol. The zero-order chi connectivity index (χ0) is 13.7. The van der Waals surface area contributed by atoms with E-state index in [-0.39, 0.29) is 0 Å². The Kier molecular flexibility index (Phi) is 4.79. The summed E-state index contributed by atoms with van der Waals surface area (Å²) in [6, 6.07) is 17.7. The summed E-state index contributed by atoms with van der Waals surface area (Å²) in [7, 11) is 0. The van der Waals surface area contributed by atoms with E-state index in [4.69, 9.17) is 0 Å². The van der Waals surface area contributed by atoms with Crippen LogP contribution in [-0.2, 0) is 19.3 Å². The normalized spacial score (nSPS) is 10.9. The van der Waals surface area contributed by atoms with Gasteiger partial charge >= 0.3 is 0 Å². The summed E-state index contributed by atoms with van der Waals surface area (Å²) in [5.41, 5.74) is 5.83. The first-order valence-corrected chi connectivity index (χ1v) is 7.27. The third-order valence-corrected chi connectivity index (χ3v) is 3.51. The Bertz CT molecular complexity index is 523. The first-order chi connectivity index (χ1) is 9.15. The molecular formula is C19H24. The van der Waals surface area contributed by atoms with Gasteiger partial charge in [0.1, 0.15) is 0 Å². The summed E-state index contributed by atoms with van der Waals surface area (Å²) in [5, 5.41) is 0. The lowest BCUT2D eigenvalue weighted by atomic mass is 9.94. The molecule has 0 amide bonds. The molecule has 0 aliphatic carbocycles. The van der Waals surface area contributed by atoms with E-state index in [0.717, 1.165) is 18.8 Å².